The molecule has 0 N–H and O–H groups in total. The van der Waals surface area contributed by atoms with Gasteiger partial charge in [-0.15, -0.1) is 0 Å². The maximum Gasteiger partial charge on any atom is 0.353 e. The van der Waals surface area contributed by atoms with E-state index in [9.17, 15) is 4.79 Å². The Morgan fingerprint density at radius 3 is 2.92 bits per heavy atom. The maximum atomic E-state index is 10.8. The van der Waals surface area contributed by atoms with Crippen LogP contribution in [0, 0.1) is 11.3 Å². The van der Waals surface area contributed by atoms with Gasteiger partial charge in [0.25, 0.3) is 0 Å². The third kappa shape index (κ3) is 5.65. The molecule has 13 heavy (non-hydrogen) atoms. The molecular formula is C9H11NO3. The summed E-state index contributed by atoms with van der Waals surface area (Å²) >= 11 is 0. The summed E-state index contributed by atoms with van der Waals surface area (Å²) in [6.07, 6.45) is 2.71. The smallest absolute Gasteiger partial charge is 0.353 e. The molecule has 0 aromatic carbocycles. The van der Waals surface area contributed by atoms with Crippen LogP contribution < -0.4 is 0 Å². The van der Waals surface area contributed by atoms with Crippen molar-refractivity contribution in [3.8, 4) is 6.07 Å². The highest BCUT2D eigenvalue weighted by Gasteiger charge is 2.04. The fourth-order valence-electron chi connectivity index (χ4n) is 0.452. The van der Waals surface area contributed by atoms with Gasteiger partial charge in [-0.1, -0.05) is 6.58 Å². The minimum atomic E-state index is -0.741. The number of hydrogen-bond acceptors (Lipinski definition) is 4. The largest absolute Gasteiger partial charge is 0.431 e. The highest BCUT2D eigenvalue weighted by atomic mass is 16.5. The van der Waals surface area contributed by atoms with E-state index in [1.165, 1.54) is 12.3 Å². The predicted molar refractivity (Wildman–Crippen MR) is 46.5 cm³/mol. The Bertz CT molecular complexity index is 250. The fraction of sp³-hybridized carbons (Fsp3) is 0.333. The SMILES string of the molecule is C=C(C#N)C(=O)OC=CCOCC. The topological polar surface area (TPSA) is 59.3 Å². The van der Waals surface area contributed by atoms with E-state index < -0.39 is 5.97 Å². The van der Waals surface area contributed by atoms with Gasteiger partial charge in [0.15, 0.2) is 0 Å². The number of nitrogens with zero attached hydrogens (tertiary/aromatic N) is 1. The molecule has 4 heteroatoms. The zero-order chi connectivity index (χ0) is 10.1. The van der Waals surface area contributed by atoms with Gasteiger partial charge >= 0.3 is 5.97 Å². The van der Waals surface area contributed by atoms with E-state index in [0.29, 0.717) is 13.2 Å². The van der Waals surface area contributed by atoms with E-state index in [2.05, 4.69) is 11.3 Å². The van der Waals surface area contributed by atoms with Crippen LogP contribution in [0.15, 0.2) is 24.5 Å². The van der Waals surface area contributed by atoms with Gasteiger partial charge in [-0.25, -0.2) is 4.79 Å². The summed E-state index contributed by atoms with van der Waals surface area (Å²) in [4.78, 5) is 10.8. The first-order chi connectivity index (χ1) is 6.22. The first-order valence-electron chi connectivity index (χ1n) is 3.75. The van der Waals surface area contributed by atoms with Gasteiger partial charge in [0.05, 0.1) is 12.9 Å². The van der Waals surface area contributed by atoms with Crippen molar-refractivity contribution in [2.75, 3.05) is 13.2 Å². The zero-order valence-corrected chi connectivity index (χ0v) is 7.45. The molecule has 0 amide bonds. The van der Waals surface area contributed by atoms with Crippen LogP contribution in [0.4, 0.5) is 0 Å². The highest BCUT2D eigenvalue weighted by Crippen LogP contribution is 1.92. The predicted octanol–water partition coefficient (Wildman–Crippen LogP) is 1.16. The number of carbonyl (C=O) groups is 1. The molecule has 0 spiro atoms. The summed E-state index contributed by atoms with van der Waals surface area (Å²) < 4.78 is 9.46. The summed E-state index contributed by atoms with van der Waals surface area (Å²) in [5.74, 6) is -0.741. The summed E-state index contributed by atoms with van der Waals surface area (Å²) in [6, 6.07) is 1.58. The molecule has 0 aromatic heterocycles. The van der Waals surface area contributed by atoms with Crippen LogP contribution in [0.5, 0.6) is 0 Å². The molecule has 0 atom stereocenters. The van der Waals surface area contributed by atoms with Crippen LogP contribution in [0.25, 0.3) is 0 Å². The lowest BCUT2D eigenvalue weighted by Crippen LogP contribution is -2.01. The normalized spacial score (nSPS) is 9.54. The summed E-state index contributed by atoms with van der Waals surface area (Å²) in [6.45, 7) is 6.02. The van der Waals surface area contributed by atoms with Gasteiger partial charge in [-0.2, -0.15) is 5.26 Å². The first kappa shape index (κ1) is 11.4. The minimum Gasteiger partial charge on any atom is -0.431 e. The van der Waals surface area contributed by atoms with Gasteiger partial charge in [-0.3, -0.25) is 0 Å². The molecule has 0 heterocycles. The Morgan fingerprint density at radius 1 is 1.69 bits per heavy atom. The van der Waals surface area contributed by atoms with Gasteiger partial charge < -0.3 is 9.47 Å². The van der Waals surface area contributed by atoms with Gasteiger partial charge in [0.1, 0.15) is 11.6 Å². The first-order valence-corrected chi connectivity index (χ1v) is 3.75. The Hall–Kier alpha value is -1.60. The van der Waals surface area contributed by atoms with Crippen molar-refractivity contribution >= 4 is 5.97 Å². The molecule has 0 bridgehead atoms. The molecule has 0 fully saturated rings. The highest BCUT2D eigenvalue weighted by molar-refractivity contribution is 5.92. The molecule has 70 valence electrons. The average Bonchev–Trinajstić information content (AvgIpc) is 2.16. The standard InChI is InChI=1S/C9H11NO3/c1-3-12-5-4-6-13-9(11)8(2)7-10/h4,6H,2-3,5H2,1H3. The molecule has 0 unspecified atom stereocenters. The van der Waals surface area contributed by atoms with E-state index in [-0.39, 0.29) is 5.57 Å². The van der Waals surface area contributed by atoms with E-state index >= 15 is 0 Å². The van der Waals surface area contributed by atoms with E-state index in [1.54, 1.807) is 6.07 Å². The third-order valence-electron chi connectivity index (χ3n) is 1.07. The molecule has 0 saturated heterocycles. The van der Waals surface area contributed by atoms with Crippen molar-refractivity contribution in [1.29, 1.82) is 5.26 Å². The molecule has 0 rings (SSSR count). The van der Waals surface area contributed by atoms with Crippen LogP contribution >= 0.6 is 0 Å². The van der Waals surface area contributed by atoms with E-state index in [1.807, 2.05) is 6.92 Å². The van der Waals surface area contributed by atoms with Crippen LogP contribution in [-0.4, -0.2) is 19.2 Å². The Kier molecular flexibility index (Phi) is 6.20. The minimum absolute atomic E-state index is 0.221. The van der Waals surface area contributed by atoms with Gasteiger partial charge in [0.2, 0.25) is 0 Å². The Labute approximate surface area is 77.1 Å². The van der Waals surface area contributed by atoms with Crippen molar-refractivity contribution in [3.05, 3.63) is 24.5 Å². The molecule has 0 aliphatic carbocycles. The fourth-order valence-corrected chi connectivity index (χ4v) is 0.452. The lowest BCUT2D eigenvalue weighted by Gasteiger charge is -1.95. The lowest BCUT2D eigenvalue weighted by atomic mass is 10.3. The monoisotopic (exact) mass is 181 g/mol. The number of nitriles is 1. The van der Waals surface area contributed by atoms with E-state index in [0.717, 1.165) is 0 Å². The number of hydrogen-bond donors (Lipinski definition) is 0. The number of ether oxygens (including phenoxy) is 2. The maximum absolute atomic E-state index is 10.8. The van der Waals surface area contributed by atoms with Crippen LogP contribution in [-0.2, 0) is 14.3 Å². The summed E-state index contributed by atoms with van der Waals surface area (Å²) in [7, 11) is 0. The Balaban J connectivity index is 3.65. The van der Waals surface area contributed by atoms with Gasteiger partial charge in [0, 0.05) is 6.61 Å². The molecular weight excluding hydrogens is 170 g/mol. The summed E-state index contributed by atoms with van der Waals surface area (Å²) in [5, 5.41) is 8.25. The molecule has 0 aliphatic rings. The second-order valence-electron chi connectivity index (χ2n) is 2.03. The second kappa shape index (κ2) is 7.07. The van der Waals surface area contributed by atoms with Crippen molar-refractivity contribution < 1.29 is 14.3 Å². The number of rotatable bonds is 5. The van der Waals surface area contributed by atoms with Crippen molar-refractivity contribution in [2.24, 2.45) is 0 Å². The van der Waals surface area contributed by atoms with Crippen molar-refractivity contribution in [1.82, 2.24) is 0 Å². The number of carbonyl (C=O) groups excluding carboxylic acids is 1. The summed E-state index contributed by atoms with van der Waals surface area (Å²) in [5.41, 5.74) is -0.221. The van der Waals surface area contributed by atoms with Crippen LogP contribution in [0.3, 0.4) is 0 Å². The molecule has 0 aromatic rings. The Morgan fingerprint density at radius 2 is 2.38 bits per heavy atom. The molecule has 0 aliphatic heterocycles. The van der Waals surface area contributed by atoms with Crippen LogP contribution in [0.1, 0.15) is 6.92 Å². The van der Waals surface area contributed by atoms with Crippen LogP contribution in [0.2, 0.25) is 0 Å². The van der Waals surface area contributed by atoms with Crippen molar-refractivity contribution in [3.63, 3.8) is 0 Å². The van der Waals surface area contributed by atoms with E-state index in [4.69, 9.17) is 10.00 Å². The van der Waals surface area contributed by atoms with Gasteiger partial charge in [-0.05, 0) is 13.0 Å². The molecule has 0 saturated carbocycles. The molecule has 4 nitrogen and oxygen atoms in total. The number of esters is 1. The third-order valence-corrected chi connectivity index (χ3v) is 1.07. The second-order valence-corrected chi connectivity index (χ2v) is 2.03. The quantitative estimate of drug-likeness (QED) is 0.210. The average molecular weight is 181 g/mol. The van der Waals surface area contributed by atoms with Crippen molar-refractivity contribution in [2.45, 2.75) is 6.92 Å². The molecule has 0 radical (unpaired) electrons. The zero-order valence-electron chi connectivity index (χ0n) is 7.45. The lowest BCUT2D eigenvalue weighted by molar-refractivity contribution is -0.133.